The quantitative estimate of drug-likeness (QED) is 0.446. The lowest BCUT2D eigenvalue weighted by Gasteiger charge is -2.29. The van der Waals surface area contributed by atoms with Gasteiger partial charge in [0.15, 0.2) is 0 Å². The third-order valence-electron chi connectivity index (χ3n) is 6.73. The van der Waals surface area contributed by atoms with E-state index in [9.17, 15) is 9.59 Å². The van der Waals surface area contributed by atoms with Crippen molar-refractivity contribution in [2.24, 2.45) is 0 Å². The van der Waals surface area contributed by atoms with Gasteiger partial charge in [0.25, 0.3) is 5.56 Å². The first kappa shape index (κ1) is 23.8. The number of aromatic nitrogens is 2. The van der Waals surface area contributed by atoms with Crippen molar-refractivity contribution in [3.05, 3.63) is 88.2 Å². The summed E-state index contributed by atoms with van der Waals surface area (Å²) in [6.07, 6.45) is 0. The van der Waals surface area contributed by atoms with Crippen LogP contribution in [-0.4, -0.2) is 42.0 Å². The highest BCUT2D eigenvalue weighted by atomic mass is 16.5. The summed E-state index contributed by atoms with van der Waals surface area (Å²) < 4.78 is 6.72. The number of amides is 1. The molecule has 0 saturated carbocycles. The molecule has 4 aromatic rings. The van der Waals surface area contributed by atoms with Gasteiger partial charge in [-0.1, -0.05) is 35.9 Å². The number of morpholine rings is 1. The number of carbonyl (C=O) groups excluding carboxylic acids is 1. The van der Waals surface area contributed by atoms with Crippen molar-refractivity contribution < 1.29 is 9.53 Å². The maximum absolute atomic E-state index is 13.4. The van der Waals surface area contributed by atoms with Gasteiger partial charge in [-0.2, -0.15) is 5.10 Å². The fourth-order valence-corrected chi connectivity index (χ4v) is 4.59. The first-order valence-corrected chi connectivity index (χ1v) is 12.2. The molecule has 1 aliphatic rings. The highest BCUT2D eigenvalue weighted by Crippen LogP contribution is 2.29. The molecule has 2 heterocycles. The number of aryl methyl sites for hydroxylation is 2. The SMILES string of the molecule is Cc1ccc(C)c(-c2nn([C@H](C)C(=O)Nc3ccc(N4CCOCC4)cc3)c(=O)c3ccccc23)c1. The van der Waals surface area contributed by atoms with E-state index in [1.165, 1.54) is 4.68 Å². The van der Waals surface area contributed by atoms with E-state index in [0.29, 0.717) is 30.0 Å². The van der Waals surface area contributed by atoms with Crippen LogP contribution in [0.2, 0.25) is 0 Å². The second-order valence-electron chi connectivity index (χ2n) is 9.27. The third kappa shape index (κ3) is 4.62. The summed E-state index contributed by atoms with van der Waals surface area (Å²) in [5.74, 6) is -0.300. The van der Waals surface area contributed by atoms with Crippen molar-refractivity contribution in [3.8, 4) is 11.3 Å². The molecule has 1 fully saturated rings. The van der Waals surface area contributed by atoms with Crippen LogP contribution in [0.25, 0.3) is 22.0 Å². The Morgan fingerprint density at radius 3 is 2.39 bits per heavy atom. The van der Waals surface area contributed by atoms with E-state index in [1.54, 1.807) is 13.0 Å². The number of fused-ring (bicyclic) bond motifs is 1. The number of nitrogens with zero attached hydrogens (tertiary/aromatic N) is 3. The summed E-state index contributed by atoms with van der Waals surface area (Å²) in [5, 5.41) is 9.00. The van der Waals surface area contributed by atoms with Crippen LogP contribution in [-0.2, 0) is 9.53 Å². The average Bonchev–Trinajstić information content (AvgIpc) is 2.91. The second kappa shape index (κ2) is 9.95. The molecule has 36 heavy (non-hydrogen) atoms. The summed E-state index contributed by atoms with van der Waals surface area (Å²) in [7, 11) is 0. The maximum atomic E-state index is 13.4. The van der Waals surface area contributed by atoms with Crippen molar-refractivity contribution in [1.29, 1.82) is 0 Å². The first-order valence-electron chi connectivity index (χ1n) is 12.2. The van der Waals surface area contributed by atoms with Gasteiger partial charge < -0.3 is 15.0 Å². The number of hydrogen-bond donors (Lipinski definition) is 1. The van der Waals surface area contributed by atoms with Crippen LogP contribution in [0.5, 0.6) is 0 Å². The fraction of sp³-hybridized carbons (Fsp3) is 0.276. The number of hydrogen-bond acceptors (Lipinski definition) is 5. The van der Waals surface area contributed by atoms with Gasteiger partial charge in [0, 0.05) is 35.4 Å². The Kier molecular flexibility index (Phi) is 6.57. The molecule has 0 aliphatic carbocycles. The Morgan fingerprint density at radius 2 is 1.67 bits per heavy atom. The van der Waals surface area contributed by atoms with Crippen molar-refractivity contribution in [2.45, 2.75) is 26.8 Å². The Hall–Kier alpha value is -3.97. The topological polar surface area (TPSA) is 76.5 Å². The van der Waals surface area contributed by atoms with Gasteiger partial charge in [-0.05, 0) is 62.7 Å². The number of rotatable bonds is 5. The first-order chi connectivity index (χ1) is 17.4. The molecule has 1 saturated heterocycles. The summed E-state index contributed by atoms with van der Waals surface area (Å²) in [6, 6.07) is 20.6. The van der Waals surface area contributed by atoms with E-state index in [2.05, 4.69) is 22.3 Å². The van der Waals surface area contributed by atoms with Crippen LogP contribution in [0, 0.1) is 13.8 Å². The molecular formula is C29H30N4O3. The summed E-state index contributed by atoms with van der Waals surface area (Å²) in [6.45, 7) is 8.89. The van der Waals surface area contributed by atoms with Gasteiger partial charge in [-0.3, -0.25) is 9.59 Å². The molecule has 7 heteroatoms. The third-order valence-corrected chi connectivity index (χ3v) is 6.73. The lowest BCUT2D eigenvalue weighted by molar-refractivity contribution is -0.119. The molecule has 1 N–H and O–H groups in total. The predicted octanol–water partition coefficient (Wildman–Crippen LogP) is 4.72. The van der Waals surface area contributed by atoms with Crippen LogP contribution in [0.3, 0.4) is 0 Å². The molecule has 1 amide bonds. The molecule has 1 atom stereocenters. The molecule has 184 valence electrons. The standard InChI is InChI=1S/C29H30N4O3/c1-19-8-9-20(2)26(18-19)27-24-6-4-5-7-25(24)29(35)33(31-27)21(3)28(34)30-22-10-12-23(13-11-22)32-14-16-36-17-15-32/h4-13,18,21H,14-17H2,1-3H3,(H,30,34)/t21-/m1/s1. The fourth-order valence-electron chi connectivity index (χ4n) is 4.59. The number of benzene rings is 3. The minimum atomic E-state index is -0.801. The molecule has 0 spiro atoms. The zero-order chi connectivity index (χ0) is 25.2. The van der Waals surface area contributed by atoms with Crippen LogP contribution in [0.15, 0.2) is 71.5 Å². The van der Waals surface area contributed by atoms with Crippen molar-refractivity contribution >= 4 is 28.1 Å². The van der Waals surface area contributed by atoms with Gasteiger partial charge >= 0.3 is 0 Å². The van der Waals surface area contributed by atoms with E-state index < -0.39 is 6.04 Å². The molecular weight excluding hydrogens is 452 g/mol. The van der Waals surface area contributed by atoms with Gasteiger partial charge in [-0.15, -0.1) is 0 Å². The normalized spacial score (nSPS) is 14.6. The molecule has 0 bridgehead atoms. The number of nitrogens with one attached hydrogen (secondary N) is 1. The molecule has 1 aliphatic heterocycles. The predicted molar refractivity (Wildman–Crippen MR) is 144 cm³/mol. The Bertz CT molecular complexity index is 1470. The Labute approximate surface area is 210 Å². The largest absolute Gasteiger partial charge is 0.378 e. The second-order valence-corrected chi connectivity index (χ2v) is 9.27. The van der Waals surface area contributed by atoms with E-state index in [1.807, 2.05) is 62.4 Å². The Morgan fingerprint density at radius 1 is 0.972 bits per heavy atom. The zero-order valence-corrected chi connectivity index (χ0v) is 20.8. The lowest BCUT2D eigenvalue weighted by Crippen LogP contribution is -2.36. The van der Waals surface area contributed by atoms with Crippen LogP contribution in [0.1, 0.15) is 24.1 Å². The zero-order valence-electron chi connectivity index (χ0n) is 20.8. The van der Waals surface area contributed by atoms with E-state index in [-0.39, 0.29) is 11.5 Å². The van der Waals surface area contributed by atoms with Crippen LogP contribution < -0.4 is 15.8 Å². The van der Waals surface area contributed by atoms with Gasteiger partial charge in [-0.25, -0.2) is 4.68 Å². The van der Waals surface area contributed by atoms with Crippen molar-refractivity contribution in [1.82, 2.24) is 9.78 Å². The summed E-state index contributed by atoms with van der Waals surface area (Å²) in [5.41, 5.74) is 5.28. The van der Waals surface area contributed by atoms with Crippen molar-refractivity contribution in [2.75, 3.05) is 36.5 Å². The average molecular weight is 483 g/mol. The molecule has 0 radical (unpaired) electrons. The van der Waals surface area contributed by atoms with E-state index in [0.717, 1.165) is 40.9 Å². The van der Waals surface area contributed by atoms with Gasteiger partial charge in [0.2, 0.25) is 5.91 Å². The van der Waals surface area contributed by atoms with Crippen LogP contribution in [0.4, 0.5) is 11.4 Å². The molecule has 5 rings (SSSR count). The minimum Gasteiger partial charge on any atom is -0.378 e. The smallest absolute Gasteiger partial charge is 0.275 e. The van der Waals surface area contributed by atoms with E-state index in [4.69, 9.17) is 9.84 Å². The number of ether oxygens (including phenoxy) is 1. The van der Waals surface area contributed by atoms with Crippen LogP contribution >= 0.6 is 0 Å². The molecule has 3 aromatic carbocycles. The number of anilines is 2. The monoisotopic (exact) mass is 482 g/mol. The Balaban J connectivity index is 1.46. The highest BCUT2D eigenvalue weighted by molar-refractivity contribution is 5.96. The highest BCUT2D eigenvalue weighted by Gasteiger charge is 2.22. The van der Waals surface area contributed by atoms with Crippen molar-refractivity contribution in [3.63, 3.8) is 0 Å². The number of carbonyl (C=O) groups is 1. The van der Waals surface area contributed by atoms with E-state index >= 15 is 0 Å². The lowest BCUT2D eigenvalue weighted by atomic mass is 9.99. The molecule has 7 nitrogen and oxygen atoms in total. The summed E-state index contributed by atoms with van der Waals surface area (Å²) in [4.78, 5) is 28.9. The summed E-state index contributed by atoms with van der Waals surface area (Å²) >= 11 is 0. The van der Waals surface area contributed by atoms with Gasteiger partial charge in [0.05, 0.1) is 24.3 Å². The van der Waals surface area contributed by atoms with Gasteiger partial charge in [0.1, 0.15) is 6.04 Å². The molecule has 0 unspecified atom stereocenters. The minimum absolute atomic E-state index is 0.287. The maximum Gasteiger partial charge on any atom is 0.275 e. The molecule has 1 aromatic heterocycles.